The molecule has 0 heterocycles. The van der Waals surface area contributed by atoms with Crippen molar-refractivity contribution in [3.8, 4) is 22.6 Å². The van der Waals surface area contributed by atoms with E-state index in [0.29, 0.717) is 33.0 Å². The highest BCUT2D eigenvalue weighted by Gasteiger charge is 2.19. The van der Waals surface area contributed by atoms with Gasteiger partial charge >= 0.3 is 5.97 Å². The minimum atomic E-state index is -1.22. The Bertz CT molecular complexity index is 1690. The number of allylic oxidation sites excluding steroid dienone is 2. The number of hydrogen-bond acceptors (Lipinski definition) is 9. The molecule has 0 fully saturated rings. The van der Waals surface area contributed by atoms with Crippen molar-refractivity contribution < 1.29 is 34.5 Å². The van der Waals surface area contributed by atoms with Crippen molar-refractivity contribution in [1.29, 1.82) is 5.41 Å². The Morgan fingerprint density at radius 2 is 1.73 bits per heavy atom. The third-order valence-corrected chi connectivity index (χ3v) is 7.59. The van der Waals surface area contributed by atoms with E-state index in [4.69, 9.17) is 43.3 Å². The van der Waals surface area contributed by atoms with Crippen LogP contribution in [0.2, 0.25) is 10.0 Å². The maximum absolute atomic E-state index is 11.9. The van der Waals surface area contributed by atoms with Crippen LogP contribution < -0.4 is 20.1 Å². The molecule has 0 bridgehead atoms. The number of benzene rings is 3. The fraction of sp³-hybridized carbons (Fsp3) is 0.188. The quantitative estimate of drug-likeness (QED) is 0.0862. The Balaban J connectivity index is 1.56. The van der Waals surface area contributed by atoms with Gasteiger partial charge in [-0.1, -0.05) is 64.8 Å². The molecule has 0 saturated carbocycles. The van der Waals surface area contributed by atoms with Crippen molar-refractivity contribution in [3.05, 3.63) is 105 Å². The molecule has 1 aliphatic carbocycles. The molecule has 234 valence electrons. The van der Waals surface area contributed by atoms with Crippen LogP contribution in [0.25, 0.3) is 11.1 Å². The Morgan fingerprint density at radius 3 is 2.38 bits per heavy atom. The summed E-state index contributed by atoms with van der Waals surface area (Å²) in [6.45, 7) is -0.529. The van der Waals surface area contributed by atoms with E-state index in [9.17, 15) is 19.8 Å². The van der Waals surface area contributed by atoms with E-state index in [0.717, 1.165) is 11.1 Å². The van der Waals surface area contributed by atoms with Crippen molar-refractivity contribution in [2.75, 3.05) is 20.3 Å². The number of aliphatic carboxylic acids is 1. The Hall–Kier alpha value is -4.68. The minimum Gasteiger partial charge on any atom is -0.488 e. The standard InChI is InChI=1S/C32H30Cl2N4O7/c1-36-31(40)20-8-6-19(7-9-20)23-4-2-3-21(30(23)34)17-45-29-13-28(44-16-18-5-10-26(38-43)25(35)11-18)22(12-24(29)33)14-37-27(15-39)32(41)42/h2-13,27,35,37,39,43H,14-17H2,1H3,(H,36,40)(H,41,42)/b35-25?,38-26-. The number of hydrogen-bond donors (Lipinski definition) is 6. The second-order valence-electron chi connectivity index (χ2n) is 9.81. The van der Waals surface area contributed by atoms with Crippen LogP contribution in [0, 0.1) is 5.41 Å². The van der Waals surface area contributed by atoms with Gasteiger partial charge in [-0.05, 0) is 41.5 Å². The van der Waals surface area contributed by atoms with Crippen molar-refractivity contribution in [3.63, 3.8) is 0 Å². The molecule has 13 heteroatoms. The summed E-state index contributed by atoms with van der Waals surface area (Å²) in [5.41, 5.74) is 4.01. The Kier molecular flexibility index (Phi) is 11.3. The number of oxime groups is 1. The lowest BCUT2D eigenvalue weighted by molar-refractivity contribution is -0.140. The zero-order valence-corrected chi connectivity index (χ0v) is 25.5. The average Bonchev–Trinajstić information content (AvgIpc) is 3.04. The highest BCUT2D eigenvalue weighted by atomic mass is 35.5. The lowest BCUT2D eigenvalue weighted by Crippen LogP contribution is -2.39. The van der Waals surface area contributed by atoms with Gasteiger partial charge in [0.1, 0.15) is 36.5 Å². The zero-order valence-electron chi connectivity index (χ0n) is 24.0. The first-order valence-electron chi connectivity index (χ1n) is 13.6. The summed E-state index contributed by atoms with van der Waals surface area (Å²) in [5.74, 6) is -0.810. The molecule has 0 radical (unpaired) electrons. The van der Waals surface area contributed by atoms with Crippen LogP contribution in [0.5, 0.6) is 11.5 Å². The maximum Gasteiger partial charge on any atom is 0.323 e. The summed E-state index contributed by atoms with van der Waals surface area (Å²) in [6.07, 6.45) is 4.62. The van der Waals surface area contributed by atoms with Gasteiger partial charge < -0.3 is 30.2 Å². The van der Waals surface area contributed by atoms with E-state index in [1.807, 2.05) is 30.3 Å². The van der Waals surface area contributed by atoms with E-state index in [-0.39, 0.29) is 47.9 Å². The summed E-state index contributed by atoms with van der Waals surface area (Å²) in [4.78, 5) is 23.3. The summed E-state index contributed by atoms with van der Waals surface area (Å²) < 4.78 is 12.1. The fourth-order valence-corrected chi connectivity index (χ4v) is 4.89. The normalized spacial score (nSPS) is 14.2. The van der Waals surface area contributed by atoms with E-state index < -0.39 is 18.6 Å². The highest BCUT2D eigenvalue weighted by Crippen LogP contribution is 2.36. The number of nitrogens with zero attached hydrogens (tertiary/aromatic N) is 1. The number of carbonyl (C=O) groups excluding carboxylic acids is 1. The second-order valence-corrected chi connectivity index (χ2v) is 10.6. The van der Waals surface area contributed by atoms with Gasteiger partial charge in [-0.2, -0.15) is 0 Å². The molecular weight excluding hydrogens is 623 g/mol. The molecule has 1 atom stereocenters. The van der Waals surface area contributed by atoms with Gasteiger partial charge in [-0.25, -0.2) is 0 Å². The Morgan fingerprint density at radius 1 is 1.00 bits per heavy atom. The number of aliphatic hydroxyl groups is 1. The molecule has 11 nitrogen and oxygen atoms in total. The van der Waals surface area contributed by atoms with Gasteiger partial charge in [0.25, 0.3) is 5.91 Å². The highest BCUT2D eigenvalue weighted by molar-refractivity contribution is 6.50. The van der Waals surface area contributed by atoms with Crippen LogP contribution in [0.4, 0.5) is 0 Å². The molecule has 3 aromatic rings. The first-order chi connectivity index (χ1) is 21.6. The lowest BCUT2D eigenvalue weighted by atomic mass is 10.0. The topological polar surface area (TPSA) is 174 Å². The monoisotopic (exact) mass is 652 g/mol. The van der Waals surface area contributed by atoms with Crippen LogP contribution in [0.15, 0.2) is 83.6 Å². The number of carbonyl (C=O) groups is 2. The van der Waals surface area contributed by atoms with Crippen LogP contribution in [0.3, 0.4) is 0 Å². The molecule has 0 saturated heterocycles. The third-order valence-electron chi connectivity index (χ3n) is 6.84. The van der Waals surface area contributed by atoms with Gasteiger partial charge in [0.2, 0.25) is 0 Å². The van der Waals surface area contributed by atoms with Crippen LogP contribution in [-0.4, -0.2) is 65.0 Å². The van der Waals surface area contributed by atoms with Crippen molar-refractivity contribution >= 4 is 46.5 Å². The Labute approximate surface area is 268 Å². The molecule has 0 spiro atoms. The van der Waals surface area contributed by atoms with Gasteiger partial charge in [0.05, 0.1) is 22.4 Å². The molecular formula is C32H30Cl2N4O7. The minimum absolute atomic E-state index is 0.00542. The smallest absolute Gasteiger partial charge is 0.323 e. The number of rotatable bonds is 13. The molecule has 45 heavy (non-hydrogen) atoms. The third kappa shape index (κ3) is 8.28. The number of halogens is 2. The van der Waals surface area contributed by atoms with Gasteiger partial charge in [0.15, 0.2) is 0 Å². The van der Waals surface area contributed by atoms with Crippen LogP contribution in [0.1, 0.15) is 21.5 Å². The van der Waals surface area contributed by atoms with Crippen LogP contribution >= 0.6 is 23.2 Å². The van der Waals surface area contributed by atoms with E-state index >= 15 is 0 Å². The molecule has 3 aromatic carbocycles. The number of carboxylic acid groups (broad SMARTS) is 1. The number of aliphatic hydroxyl groups excluding tert-OH is 1. The van der Waals surface area contributed by atoms with E-state index in [2.05, 4.69) is 15.8 Å². The number of amides is 1. The second kappa shape index (κ2) is 15.4. The van der Waals surface area contributed by atoms with Gasteiger partial charge in [-0.15, -0.1) is 0 Å². The van der Waals surface area contributed by atoms with Crippen molar-refractivity contribution in [1.82, 2.24) is 10.6 Å². The average molecular weight is 654 g/mol. The fourth-order valence-electron chi connectivity index (χ4n) is 4.36. The predicted octanol–water partition coefficient (Wildman–Crippen LogP) is 4.86. The number of carboxylic acids is 1. The van der Waals surface area contributed by atoms with E-state index in [1.54, 1.807) is 37.4 Å². The van der Waals surface area contributed by atoms with Crippen molar-refractivity contribution in [2.45, 2.75) is 19.2 Å². The summed E-state index contributed by atoms with van der Waals surface area (Å²) in [7, 11) is 1.57. The van der Waals surface area contributed by atoms with Crippen LogP contribution in [-0.2, 0) is 17.9 Å². The molecule has 6 N–H and O–H groups in total. The largest absolute Gasteiger partial charge is 0.488 e. The molecule has 0 aliphatic heterocycles. The SMILES string of the molecule is CNC(=O)c1ccc(-c2cccc(COc3cc(OCC4=CC(=N)/C(=N\O)C=C4)c(CNC(CO)C(=O)O)cc3Cl)c2Cl)cc1. The molecule has 1 amide bonds. The zero-order chi connectivity index (χ0) is 32.5. The van der Waals surface area contributed by atoms with Crippen molar-refractivity contribution in [2.24, 2.45) is 5.16 Å². The molecule has 1 unspecified atom stereocenters. The molecule has 4 rings (SSSR count). The van der Waals surface area contributed by atoms with Gasteiger partial charge in [-0.3, -0.25) is 20.3 Å². The first kappa shape index (κ1) is 33.2. The maximum atomic E-state index is 11.9. The summed E-state index contributed by atoms with van der Waals surface area (Å²) >= 11 is 13.3. The van der Waals surface area contributed by atoms with Gasteiger partial charge in [0, 0.05) is 41.9 Å². The van der Waals surface area contributed by atoms with E-state index in [1.165, 1.54) is 12.2 Å². The molecule has 1 aliphatic rings. The summed E-state index contributed by atoms with van der Waals surface area (Å²) in [5, 5.41) is 44.8. The molecule has 0 aromatic heterocycles. The number of nitrogens with one attached hydrogen (secondary N) is 3. The predicted molar refractivity (Wildman–Crippen MR) is 171 cm³/mol. The summed E-state index contributed by atoms with van der Waals surface area (Å²) in [6, 6.07) is 14.5. The lowest BCUT2D eigenvalue weighted by Gasteiger charge is -2.19. The number of ether oxygens (including phenoxy) is 2. The first-order valence-corrected chi connectivity index (χ1v) is 14.3.